The fraction of sp³-hybridized carbons (Fsp3) is 0.417. The van der Waals surface area contributed by atoms with Crippen molar-refractivity contribution < 1.29 is 4.79 Å². The number of halogens is 1. The molecule has 0 fully saturated rings. The van der Waals surface area contributed by atoms with Gasteiger partial charge in [0.05, 0.1) is 6.04 Å². The maximum atomic E-state index is 11.5. The molecule has 0 radical (unpaired) electrons. The van der Waals surface area contributed by atoms with E-state index in [0.717, 1.165) is 5.56 Å². The highest BCUT2D eigenvalue weighted by atomic mass is 35.5. The van der Waals surface area contributed by atoms with Crippen LogP contribution in [0.3, 0.4) is 0 Å². The molecule has 16 heavy (non-hydrogen) atoms. The van der Waals surface area contributed by atoms with Crippen molar-refractivity contribution in [2.24, 2.45) is 0 Å². The number of hydrogen-bond acceptors (Lipinski definition) is 1. The third-order valence-corrected chi connectivity index (χ3v) is 2.48. The molecule has 0 spiro atoms. The van der Waals surface area contributed by atoms with Crippen molar-refractivity contribution in [2.75, 3.05) is 0 Å². The number of carbonyl (C=O) groups excluding carboxylic acids is 1. The summed E-state index contributed by atoms with van der Waals surface area (Å²) in [4.78, 5) is 11.5. The normalized spacial score (nSPS) is 12.3. The van der Waals surface area contributed by atoms with Crippen LogP contribution in [0.25, 0.3) is 0 Å². The lowest BCUT2D eigenvalue weighted by Crippen LogP contribution is -2.40. The first-order valence-corrected chi connectivity index (χ1v) is 5.70. The van der Waals surface area contributed by atoms with Crippen LogP contribution in [0, 0.1) is 0 Å². The van der Waals surface area contributed by atoms with E-state index in [1.165, 1.54) is 0 Å². The molecule has 1 aromatic rings. The van der Waals surface area contributed by atoms with Crippen molar-refractivity contribution in [1.29, 1.82) is 0 Å². The Morgan fingerprint density at radius 1 is 1.19 bits per heavy atom. The number of urea groups is 1. The minimum atomic E-state index is -0.178. The van der Waals surface area contributed by atoms with Gasteiger partial charge in [-0.1, -0.05) is 29.8 Å². The molecule has 0 aliphatic carbocycles. The van der Waals surface area contributed by atoms with Crippen LogP contribution in [-0.2, 0) is 0 Å². The Hall–Kier alpha value is -1.22. The molecule has 0 aliphatic heterocycles. The quantitative estimate of drug-likeness (QED) is 0.838. The van der Waals surface area contributed by atoms with Crippen LogP contribution in [0.4, 0.5) is 4.79 Å². The van der Waals surface area contributed by atoms with Crippen LogP contribution >= 0.6 is 11.6 Å². The zero-order valence-corrected chi connectivity index (χ0v) is 10.5. The van der Waals surface area contributed by atoms with Gasteiger partial charge in [0.1, 0.15) is 0 Å². The third kappa shape index (κ3) is 3.74. The van der Waals surface area contributed by atoms with Gasteiger partial charge in [0.2, 0.25) is 0 Å². The van der Waals surface area contributed by atoms with Crippen LogP contribution in [0.5, 0.6) is 0 Å². The second kappa shape index (κ2) is 5.75. The molecule has 0 aromatic heterocycles. The number of benzene rings is 1. The highest BCUT2D eigenvalue weighted by molar-refractivity contribution is 6.31. The Balaban J connectivity index is 2.62. The van der Waals surface area contributed by atoms with E-state index in [9.17, 15) is 4.79 Å². The fourth-order valence-corrected chi connectivity index (χ4v) is 1.70. The molecule has 0 aliphatic rings. The lowest BCUT2D eigenvalue weighted by Gasteiger charge is -2.17. The van der Waals surface area contributed by atoms with E-state index in [-0.39, 0.29) is 18.1 Å². The molecule has 0 bridgehead atoms. The van der Waals surface area contributed by atoms with Crippen LogP contribution in [-0.4, -0.2) is 12.1 Å². The van der Waals surface area contributed by atoms with Crippen LogP contribution in [0.15, 0.2) is 24.3 Å². The zero-order chi connectivity index (χ0) is 12.1. The van der Waals surface area contributed by atoms with E-state index in [1.807, 2.05) is 45.0 Å². The molecule has 0 saturated carbocycles. The molecule has 1 unspecified atom stereocenters. The SMILES string of the molecule is CC(C)NC(=O)NC(C)c1ccccc1Cl. The van der Waals surface area contributed by atoms with Gasteiger partial charge >= 0.3 is 6.03 Å². The first kappa shape index (κ1) is 12.8. The number of rotatable bonds is 3. The zero-order valence-electron chi connectivity index (χ0n) is 9.75. The largest absolute Gasteiger partial charge is 0.336 e. The molecule has 1 aromatic carbocycles. The smallest absolute Gasteiger partial charge is 0.315 e. The summed E-state index contributed by atoms with van der Waals surface area (Å²) in [7, 11) is 0. The standard InChI is InChI=1S/C12H17ClN2O/c1-8(2)14-12(16)15-9(3)10-6-4-5-7-11(10)13/h4-9H,1-3H3,(H2,14,15,16). The van der Waals surface area contributed by atoms with Crippen molar-refractivity contribution in [2.45, 2.75) is 32.9 Å². The van der Waals surface area contributed by atoms with Gasteiger partial charge in [-0.25, -0.2) is 4.79 Å². The van der Waals surface area contributed by atoms with Crippen molar-refractivity contribution >= 4 is 17.6 Å². The highest BCUT2D eigenvalue weighted by Gasteiger charge is 2.12. The van der Waals surface area contributed by atoms with E-state index >= 15 is 0 Å². The van der Waals surface area contributed by atoms with Crippen LogP contribution in [0.2, 0.25) is 5.02 Å². The van der Waals surface area contributed by atoms with Gasteiger partial charge in [0.25, 0.3) is 0 Å². The minimum absolute atomic E-state index is 0.104. The van der Waals surface area contributed by atoms with Crippen LogP contribution < -0.4 is 10.6 Å². The van der Waals surface area contributed by atoms with Crippen molar-refractivity contribution in [3.05, 3.63) is 34.9 Å². The van der Waals surface area contributed by atoms with Crippen molar-refractivity contribution in [1.82, 2.24) is 10.6 Å². The first-order chi connectivity index (χ1) is 7.50. The van der Waals surface area contributed by atoms with E-state index in [0.29, 0.717) is 5.02 Å². The van der Waals surface area contributed by atoms with E-state index in [4.69, 9.17) is 11.6 Å². The Labute approximate surface area is 101 Å². The lowest BCUT2D eigenvalue weighted by molar-refractivity contribution is 0.235. The molecular weight excluding hydrogens is 224 g/mol. The van der Waals surface area contributed by atoms with E-state index in [1.54, 1.807) is 0 Å². The number of carbonyl (C=O) groups is 1. The Bertz CT molecular complexity index is 366. The lowest BCUT2D eigenvalue weighted by atomic mass is 10.1. The maximum Gasteiger partial charge on any atom is 0.315 e. The monoisotopic (exact) mass is 240 g/mol. The Morgan fingerprint density at radius 2 is 1.81 bits per heavy atom. The molecule has 0 heterocycles. The second-order valence-corrected chi connectivity index (χ2v) is 4.42. The molecule has 1 rings (SSSR count). The summed E-state index contributed by atoms with van der Waals surface area (Å²) in [5, 5.41) is 6.27. The first-order valence-electron chi connectivity index (χ1n) is 5.32. The number of amides is 2. The predicted octanol–water partition coefficient (Wildman–Crippen LogP) is 3.11. The molecule has 0 saturated heterocycles. The highest BCUT2D eigenvalue weighted by Crippen LogP contribution is 2.21. The minimum Gasteiger partial charge on any atom is -0.336 e. The summed E-state index contributed by atoms with van der Waals surface area (Å²) in [5.41, 5.74) is 0.920. The van der Waals surface area contributed by atoms with Gasteiger partial charge in [-0.2, -0.15) is 0 Å². The molecule has 88 valence electrons. The molecule has 1 atom stereocenters. The molecule has 3 nitrogen and oxygen atoms in total. The average molecular weight is 241 g/mol. The molecule has 4 heteroatoms. The molecule has 2 amide bonds. The van der Waals surface area contributed by atoms with Crippen molar-refractivity contribution in [3.8, 4) is 0 Å². The second-order valence-electron chi connectivity index (χ2n) is 4.02. The number of hydrogen-bond donors (Lipinski definition) is 2. The predicted molar refractivity (Wildman–Crippen MR) is 66.7 cm³/mol. The molecule has 2 N–H and O–H groups in total. The van der Waals surface area contributed by atoms with Gasteiger partial charge < -0.3 is 10.6 Å². The summed E-state index contributed by atoms with van der Waals surface area (Å²) in [5.74, 6) is 0. The van der Waals surface area contributed by atoms with Gasteiger partial charge in [-0.05, 0) is 32.4 Å². The summed E-state index contributed by atoms with van der Waals surface area (Å²) in [6, 6.07) is 7.33. The summed E-state index contributed by atoms with van der Waals surface area (Å²) in [6.45, 7) is 5.74. The van der Waals surface area contributed by atoms with Gasteiger partial charge in [0, 0.05) is 11.1 Å². The third-order valence-electron chi connectivity index (χ3n) is 2.14. The topological polar surface area (TPSA) is 41.1 Å². The van der Waals surface area contributed by atoms with E-state index in [2.05, 4.69) is 10.6 Å². The number of nitrogens with one attached hydrogen (secondary N) is 2. The Morgan fingerprint density at radius 3 is 2.38 bits per heavy atom. The molecular formula is C12H17ClN2O. The van der Waals surface area contributed by atoms with Crippen molar-refractivity contribution in [3.63, 3.8) is 0 Å². The average Bonchev–Trinajstić information content (AvgIpc) is 2.16. The Kier molecular flexibility index (Phi) is 4.62. The van der Waals surface area contributed by atoms with E-state index < -0.39 is 0 Å². The fourth-order valence-electron chi connectivity index (χ4n) is 1.40. The summed E-state index contributed by atoms with van der Waals surface area (Å²) in [6.07, 6.45) is 0. The van der Waals surface area contributed by atoms with Gasteiger partial charge in [-0.15, -0.1) is 0 Å². The maximum absolute atomic E-state index is 11.5. The van der Waals surface area contributed by atoms with Gasteiger partial charge in [-0.3, -0.25) is 0 Å². The van der Waals surface area contributed by atoms with Crippen LogP contribution in [0.1, 0.15) is 32.4 Å². The summed E-state index contributed by atoms with van der Waals surface area (Å²) >= 11 is 6.04. The van der Waals surface area contributed by atoms with Gasteiger partial charge in [0.15, 0.2) is 0 Å². The summed E-state index contributed by atoms with van der Waals surface area (Å²) < 4.78 is 0.